The highest BCUT2D eigenvalue weighted by molar-refractivity contribution is 7.99. The van der Waals surface area contributed by atoms with E-state index in [-0.39, 0.29) is 5.56 Å². The molecular formula is C16H14O3S. The molecule has 1 heterocycles. The van der Waals surface area contributed by atoms with E-state index < -0.39 is 12.1 Å². The van der Waals surface area contributed by atoms with Crippen molar-refractivity contribution >= 4 is 17.7 Å². The van der Waals surface area contributed by atoms with Gasteiger partial charge in [-0.2, -0.15) is 0 Å². The van der Waals surface area contributed by atoms with Crippen LogP contribution in [-0.2, 0) is 6.42 Å². The van der Waals surface area contributed by atoms with Crippen molar-refractivity contribution in [2.24, 2.45) is 0 Å². The number of rotatable bonds is 1. The summed E-state index contributed by atoms with van der Waals surface area (Å²) in [6.07, 6.45) is -0.0346. The van der Waals surface area contributed by atoms with Crippen LogP contribution >= 0.6 is 11.8 Å². The molecule has 3 rings (SSSR count). The van der Waals surface area contributed by atoms with Crippen LogP contribution in [0.15, 0.2) is 46.2 Å². The van der Waals surface area contributed by atoms with Crippen molar-refractivity contribution in [2.75, 3.05) is 0 Å². The second kappa shape index (κ2) is 4.96. The Bertz CT molecular complexity index is 694. The van der Waals surface area contributed by atoms with Crippen LogP contribution in [-0.4, -0.2) is 16.2 Å². The molecular weight excluding hydrogens is 272 g/mol. The third-order valence-electron chi connectivity index (χ3n) is 3.53. The standard InChI is InChI=1S/C16H14O3S/c1-9-6-11(16(18)19)8-14-15(9)12(17)7-10-4-2-3-5-13(10)20-14/h2-6,8,12,17H,7H2,1H3,(H,18,19). The highest BCUT2D eigenvalue weighted by Crippen LogP contribution is 2.42. The molecule has 3 nitrogen and oxygen atoms in total. The van der Waals surface area contributed by atoms with Crippen molar-refractivity contribution in [2.45, 2.75) is 29.2 Å². The third-order valence-corrected chi connectivity index (χ3v) is 4.71. The van der Waals surface area contributed by atoms with Gasteiger partial charge in [0.15, 0.2) is 0 Å². The lowest BCUT2D eigenvalue weighted by Gasteiger charge is -2.15. The van der Waals surface area contributed by atoms with Gasteiger partial charge in [-0.15, -0.1) is 0 Å². The average Bonchev–Trinajstić information content (AvgIpc) is 2.54. The lowest BCUT2D eigenvalue weighted by Crippen LogP contribution is -2.06. The minimum Gasteiger partial charge on any atom is -0.478 e. The molecule has 2 aromatic carbocycles. The van der Waals surface area contributed by atoms with Crippen LogP contribution in [0.4, 0.5) is 0 Å². The molecule has 0 amide bonds. The molecule has 0 saturated heterocycles. The van der Waals surface area contributed by atoms with Gasteiger partial charge < -0.3 is 10.2 Å². The van der Waals surface area contributed by atoms with Crippen LogP contribution in [0.5, 0.6) is 0 Å². The van der Waals surface area contributed by atoms with Crippen molar-refractivity contribution in [3.05, 3.63) is 58.7 Å². The van der Waals surface area contributed by atoms with Gasteiger partial charge in [-0.3, -0.25) is 0 Å². The van der Waals surface area contributed by atoms with Gasteiger partial charge >= 0.3 is 5.97 Å². The highest BCUT2D eigenvalue weighted by atomic mass is 32.2. The van der Waals surface area contributed by atoms with Crippen molar-refractivity contribution in [3.8, 4) is 0 Å². The van der Waals surface area contributed by atoms with E-state index in [1.165, 1.54) is 11.8 Å². The van der Waals surface area contributed by atoms with Crippen LogP contribution in [0.2, 0.25) is 0 Å². The molecule has 0 aromatic heterocycles. The maximum atomic E-state index is 11.2. The number of aryl methyl sites for hydroxylation is 1. The third kappa shape index (κ3) is 2.21. The van der Waals surface area contributed by atoms with Gasteiger partial charge in [0.25, 0.3) is 0 Å². The van der Waals surface area contributed by atoms with Crippen LogP contribution in [0.3, 0.4) is 0 Å². The topological polar surface area (TPSA) is 57.5 Å². The first-order chi connectivity index (χ1) is 9.56. The van der Waals surface area contributed by atoms with Gasteiger partial charge in [0, 0.05) is 16.2 Å². The molecule has 0 aliphatic carbocycles. The predicted molar refractivity (Wildman–Crippen MR) is 77.4 cm³/mol. The fourth-order valence-electron chi connectivity index (χ4n) is 2.60. The minimum atomic E-state index is -0.941. The molecule has 2 aromatic rings. The van der Waals surface area contributed by atoms with Gasteiger partial charge in [0.05, 0.1) is 11.7 Å². The maximum Gasteiger partial charge on any atom is 0.335 e. The Labute approximate surface area is 121 Å². The van der Waals surface area contributed by atoms with Gasteiger partial charge in [-0.25, -0.2) is 4.79 Å². The molecule has 4 heteroatoms. The highest BCUT2D eigenvalue weighted by Gasteiger charge is 2.24. The number of benzene rings is 2. The SMILES string of the molecule is Cc1cc(C(=O)O)cc2c1C(O)Cc1ccccc1S2. The van der Waals surface area contributed by atoms with Gasteiger partial charge in [0.2, 0.25) is 0 Å². The Morgan fingerprint density at radius 2 is 2.00 bits per heavy atom. The lowest BCUT2D eigenvalue weighted by atomic mass is 9.96. The summed E-state index contributed by atoms with van der Waals surface area (Å²) in [5.41, 5.74) is 3.03. The molecule has 0 fully saturated rings. The Morgan fingerprint density at radius 1 is 1.25 bits per heavy atom. The average molecular weight is 286 g/mol. The number of aliphatic hydroxyl groups excluding tert-OH is 1. The molecule has 0 bridgehead atoms. The summed E-state index contributed by atoms with van der Waals surface area (Å²) in [6.45, 7) is 1.85. The van der Waals surface area contributed by atoms with Crippen molar-refractivity contribution in [1.82, 2.24) is 0 Å². The zero-order chi connectivity index (χ0) is 14.3. The smallest absolute Gasteiger partial charge is 0.335 e. The van der Waals surface area contributed by atoms with Crippen LogP contribution < -0.4 is 0 Å². The van der Waals surface area contributed by atoms with Crippen LogP contribution in [0.1, 0.15) is 33.2 Å². The largest absolute Gasteiger partial charge is 0.478 e. The number of carbonyl (C=O) groups is 1. The molecule has 1 aliphatic heterocycles. The Balaban J connectivity index is 2.19. The van der Waals surface area contributed by atoms with Crippen LogP contribution in [0, 0.1) is 6.92 Å². The second-order valence-corrected chi connectivity index (χ2v) is 6.02. The number of hydrogen-bond donors (Lipinski definition) is 2. The van der Waals surface area contributed by atoms with E-state index in [1.807, 2.05) is 31.2 Å². The van der Waals surface area contributed by atoms with Crippen molar-refractivity contribution < 1.29 is 15.0 Å². The summed E-state index contributed by atoms with van der Waals surface area (Å²) in [4.78, 5) is 13.1. The Morgan fingerprint density at radius 3 is 2.75 bits per heavy atom. The summed E-state index contributed by atoms with van der Waals surface area (Å²) >= 11 is 1.53. The molecule has 0 radical (unpaired) electrons. The number of carboxylic acid groups (broad SMARTS) is 1. The van der Waals surface area contributed by atoms with Gasteiger partial charge in [-0.05, 0) is 41.8 Å². The molecule has 1 atom stereocenters. The molecule has 1 aliphatic rings. The Kier molecular flexibility index (Phi) is 3.28. The molecule has 20 heavy (non-hydrogen) atoms. The lowest BCUT2D eigenvalue weighted by molar-refractivity contribution is 0.0696. The van der Waals surface area contributed by atoms with Crippen molar-refractivity contribution in [1.29, 1.82) is 0 Å². The van der Waals surface area contributed by atoms with Crippen LogP contribution in [0.25, 0.3) is 0 Å². The van der Waals surface area contributed by atoms with Crippen molar-refractivity contribution in [3.63, 3.8) is 0 Å². The number of carboxylic acids is 1. The summed E-state index contributed by atoms with van der Waals surface area (Å²) in [6, 6.07) is 11.2. The quantitative estimate of drug-likeness (QED) is 0.843. The first-order valence-corrected chi connectivity index (χ1v) is 7.19. The first-order valence-electron chi connectivity index (χ1n) is 6.38. The van der Waals surface area contributed by atoms with E-state index in [0.717, 1.165) is 26.5 Å². The summed E-state index contributed by atoms with van der Waals surface area (Å²) in [5.74, 6) is -0.941. The van der Waals surface area contributed by atoms with Gasteiger partial charge in [-0.1, -0.05) is 30.0 Å². The molecule has 102 valence electrons. The summed E-state index contributed by atoms with van der Waals surface area (Å²) in [7, 11) is 0. The normalized spacial score (nSPS) is 17.0. The fourth-order valence-corrected chi connectivity index (χ4v) is 3.86. The Hall–Kier alpha value is -1.78. The zero-order valence-corrected chi connectivity index (χ0v) is 11.8. The van der Waals surface area contributed by atoms with E-state index in [0.29, 0.717) is 6.42 Å². The monoisotopic (exact) mass is 286 g/mol. The summed E-state index contributed by atoms with van der Waals surface area (Å²) in [5, 5.41) is 19.6. The number of aliphatic hydroxyl groups is 1. The molecule has 1 unspecified atom stereocenters. The number of fused-ring (bicyclic) bond motifs is 2. The maximum absolute atomic E-state index is 11.2. The zero-order valence-electron chi connectivity index (χ0n) is 11.0. The van der Waals surface area contributed by atoms with E-state index in [4.69, 9.17) is 0 Å². The van der Waals surface area contributed by atoms with E-state index in [2.05, 4.69) is 0 Å². The number of aromatic carboxylic acids is 1. The summed E-state index contributed by atoms with van der Waals surface area (Å²) < 4.78 is 0. The predicted octanol–water partition coefficient (Wildman–Crippen LogP) is 3.43. The number of hydrogen-bond acceptors (Lipinski definition) is 3. The first kappa shape index (κ1) is 13.2. The molecule has 0 spiro atoms. The van der Waals surface area contributed by atoms with Gasteiger partial charge in [0.1, 0.15) is 0 Å². The second-order valence-electron chi connectivity index (χ2n) is 4.94. The van der Waals surface area contributed by atoms with E-state index in [1.54, 1.807) is 12.1 Å². The minimum absolute atomic E-state index is 0.264. The van der Waals surface area contributed by atoms with E-state index >= 15 is 0 Å². The fraction of sp³-hybridized carbons (Fsp3) is 0.188. The molecule has 2 N–H and O–H groups in total. The molecule has 0 saturated carbocycles. The van der Waals surface area contributed by atoms with E-state index in [9.17, 15) is 15.0 Å².